The monoisotopic (exact) mass is 258 g/mol. The highest BCUT2D eigenvalue weighted by molar-refractivity contribution is 5.37. The van der Waals surface area contributed by atoms with Crippen LogP contribution < -0.4 is 11.2 Å². The van der Waals surface area contributed by atoms with Gasteiger partial charge in [-0.05, 0) is 12.1 Å². The first-order valence-corrected chi connectivity index (χ1v) is 4.61. The zero-order valence-corrected chi connectivity index (χ0v) is 8.58. The second kappa shape index (κ2) is 4.06. The number of aromatic amines is 1. The average molecular weight is 258 g/mol. The van der Waals surface area contributed by atoms with Gasteiger partial charge in [0.25, 0.3) is 5.56 Å². The molecule has 0 atom stereocenters. The molecule has 0 saturated carbocycles. The van der Waals surface area contributed by atoms with E-state index in [0.717, 1.165) is 12.1 Å². The molecule has 0 radical (unpaired) electrons. The minimum atomic E-state index is -1.64. The second-order valence-electron chi connectivity index (χ2n) is 3.33. The molecule has 0 saturated heterocycles. The van der Waals surface area contributed by atoms with Gasteiger partial charge in [-0.25, -0.2) is 18.1 Å². The molecule has 0 aliphatic carbocycles. The molecular weight excluding hydrogens is 253 g/mol. The van der Waals surface area contributed by atoms with Gasteiger partial charge >= 0.3 is 5.69 Å². The van der Waals surface area contributed by atoms with Crippen LogP contribution in [0.2, 0.25) is 0 Å². The number of aromatic hydroxyl groups is 1. The van der Waals surface area contributed by atoms with Crippen molar-refractivity contribution in [2.75, 3.05) is 0 Å². The van der Waals surface area contributed by atoms with E-state index in [1.165, 1.54) is 0 Å². The molecule has 1 heterocycles. The average Bonchev–Trinajstić information content (AvgIpc) is 2.29. The standard InChI is InChI=1S/C10H5F3N2O3/c11-4-1-2-6(5(12)3-4)15-9(17)7(13)8(16)14-10(15)18/h1-3,17H,(H,14,16,18). The van der Waals surface area contributed by atoms with Crippen molar-refractivity contribution in [3.05, 3.63) is 56.5 Å². The summed E-state index contributed by atoms with van der Waals surface area (Å²) in [6.45, 7) is 0. The fourth-order valence-corrected chi connectivity index (χ4v) is 1.39. The molecule has 18 heavy (non-hydrogen) atoms. The Kier molecular flexibility index (Phi) is 2.70. The van der Waals surface area contributed by atoms with Crippen LogP contribution in [0.4, 0.5) is 13.2 Å². The highest BCUT2D eigenvalue weighted by atomic mass is 19.1. The third-order valence-electron chi connectivity index (χ3n) is 2.18. The van der Waals surface area contributed by atoms with Crippen LogP contribution in [0, 0.1) is 17.5 Å². The summed E-state index contributed by atoms with van der Waals surface area (Å²) in [6, 6.07) is 2.08. The third-order valence-corrected chi connectivity index (χ3v) is 2.18. The van der Waals surface area contributed by atoms with E-state index in [1.807, 2.05) is 0 Å². The number of benzene rings is 1. The lowest BCUT2D eigenvalue weighted by Crippen LogP contribution is -2.31. The lowest BCUT2D eigenvalue weighted by molar-refractivity contribution is 0.383. The SMILES string of the molecule is O=c1[nH]c(=O)n(-c2ccc(F)cc2F)c(O)c1F. The fourth-order valence-electron chi connectivity index (χ4n) is 1.39. The maximum Gasteiger partial charge on any atom is 0.336 e. The maximum absolute atomic E-state index is 13.4. The topological polar surface area (TPSA) is 75.1 Å². The van der Waals surface area contributed by atoms with Gasteiger partial charge < -0.3 is 5.11 Å². The Morgan fingerprint density at radius 2 is 1.83 bits per heavy atom. The summed E-state index contributed by atoms with van der Waals surface area (Å²) >= 11 is 0. The molecule has 0 unspecified atom stereocenters. The number of aromatic nitrogens is 2. The minimum absolute atomic E-state index is 0.186. The van der Waals surface area contributed by atoms with E-state index in [0.29, 0.717) is 6.07 Å². The van der Waals surface area contributed by atoms with Crippen molar-refractivity contribution < 1.29 is 18.3 Å². The summed E-state index contributed by atoms with van der Waals surface area (Å²) in [5.74, 6) is -5.10. The number of H-pyrrole nitrogens is 1. The zero-order valence-electron chi connectivity index (χ0n) is 8.58. The Labute approximate surface area is 96.8 Å². The highest BCUT2D eigenvalue weighted by Gasteiger charge is 2.17. The molecule has 0 spiro atoms. The first kappa shape index (κ1) is 12.0. The minimum Gasteiger partial charge on any atom is -0.492 e. The van der Waals surface area contributed by atoms with E-state index in [2.05, 4.69) is 0 Å². The molecule has 2 aromatic rings. The summed E-state index contributed by atoms with van der Waals surface area (Å²) < 4.78 is 39.4. The van der Waals surface area contributed by atoms with Gasteiger partial charge in [0, 0.05) is 6.07 Å². The second-order valence-corrected chi connectivity index (χ2v) is 3.33. The van der Waals surface area contributed by atoms with Crippen molar-refractivity contribution in [1.29, 1.82) is 0 Å². The Balaban J connectivity index is 2.84. The van der Waals surface area contributed by atoms with Crippen LogP contribution >= 0.6 is 0 Å². The number of nitrogens with zero attached hydrogens (tertiary/aromatic N) is 1. The van der Waals surface area contributed by atoms with Gasteiger partial charge in [-0.15, -0.1) is 0 Å². The first-order valence-electron chi connectivity index (χ1n) is 4.61. The molecule has 94 valence electrons. The van der Waals surface area contributed by atoms with Crippen molar-refractivity contribution in [2.24, 2.45) is 0 Å². The smallest absolute Gasteiger partial charge is 0.336 e. The van der Waals surface area contributed by atoms with E-state index in [-0.39, 0.29) is 4.57 Å². The number of nitrogens with one attached hydrogen (secondary N) is 1. The van der Waals surface area contributed by atoms with Crippen molar-refractivity contribution in [3.63, 3.8) is 0 Å². The normalized spacial score (nSPS) is 10.6. The van der Waals surface area contributed by atoms with Gasteiger partial charge in [0.15, 0.2) is 0 Å². The predicted molar refractivity (Wildman–Crippen MR) is 54.2 cm³/mol. The molecule has 0 amide bonds. The molecule has 0 aliphatic rings. The van der Waals surface area contributed by atoms with Crippen LogP contribution in [-0.4, -0.2) is 14.7 Å². The Morgan fingerprint density at radius 1 is 1.17 bits per heavy atom. The summed E-state index contributed by atoms with van der Waals surface area (Å²) in [5.41, 5.74) is -3.27. The molecule has 0 fully saturated rings. The summed E-state index contributed by atoms with van der Waals surface area (Å²) in [5, 5.41) is 9.31. The van der Waals surface area contributed by atoms with Gasteiger partial charge in [0.2, 0.25) is 11.7 Å². The summed E-state index contributed by atoms with van der Waals surface area (Å²) in [7, 11) is 0. The van der Waals surface area contributed by atoms with E-state index in [4.69, 9.17) is 0 Å². The highest BCUT2D eigenvalue weighted by Crippen LogP contribution is 2.18. The predicted octanol–water partition coefficient (Wildman–Crippen LogP) is 0.649. The molecule has 2 rings (SSSR count). The first-order chi connectivity index (χ1) is 8.41. The number of hydrogen-bond donors (Lipinski definition) is 2. The van der Waals surface area contributed by atoms with E-state index >= 15 is 0 Å². The van der Waals surface area contributed by atoms with Crippen molar-refractivity contribution in [1.82, 2.24) is 9.55 Å². The maximum atomic E-state index is 13.4. The molecule has 2 N–H and O–H groups in total. The van der Waals surface area contributed by atoms with Crippen LogP contribution in [-0.2, 0) is 0 Å². The van der Waals surface area contributed by atoms with Gasteiger partial charge in [0.05, 0.1) is 5.69 Å². The molecule has 0 bridgehead atoms. The van der Waals surface area contributed by atoms with Crippen LogP contribution in [0.5, 0.6) is 5.88 Å². The number of rotatable bonds is 1. The molecule has 5 nitrogen and oxygen atoms in total. The molecule has 0 aliphatic heterocycles. The van der Waals surface area contributed by atoms with Crippen LogP contribution in [0.25, 0.3) is 5.69 Å². The van der Waals surface area contributed by atoms with Crippen LogP contribution in [0.3, 0.4) is 0 Å². The third kappa shape index (κ3) is 1.77. The van der Waals surface area contributed by atoms with Gasteiger partial charge in [-0.2, -0.15) is 4.39 Å². The van der Waals surface area contributed by atoms with E-state index in [9.17, 15) is 27.9 Å². The van der Waals surface area contributed by atoms with Gasteiger partial charge in [0.1, 0.15) is 11.6 Å². The summed E-state index contributed by atoms with van der Waals surface area (Å²) in [4.78, 5) is 23.7. The zero-order chi connectivity index (χ0) is 13.4. The van der Waals surface area contributed by atoms with Crippen molar-refractivity contribution in [3.8, 4) is 11.6 Å². The lowest BCUT2D eigenvalue weighted by Gasteiger charge is -2.08. The van der Waals surface area contributed by atoms with Crippen LogP contribution in [0.1, 0.15) is 0 Å². The lowest BCUT2D eigenvalue weighted by atomic mass is 10.3. The van der Waals surface area contributed by atoms with Crippen molar-refractivity contribution in [2.45, 2.75) is 0 Å². The Hall–Kier alpha value is -2.51. The molecule has 1 aromatic carbocycles. The Bertz CT molecular complexity index is 736. The van der Waals surface area contributed by atoms with Gasteiger partial charge in [-0.3, -0.25) is 9.78 Å². The largest absolute Gasteiger partial charge is 0.492 e. The van der Waals surface area contributed by atoms with Crippen LogP contribution in [0.15, 0.2) is 27.8 Å². The molecular formula is C10H5F3N2O3. The Morgan fingerprint density at radius 3 is 2.44 bits per heavy atom. The quantitative estimate of drug-likeness (QED) is 0.788. The number of hydrogen-bond acceptors (Lipinski definition) is 3. The van der Waals surface area contributed by atoms with E-state index < -0.39 is 40.3 Å². The van der Waals surface area contributed by atoms with E-state index in [1.54, 1.807) is 4.98 Å². The molecule has 8 heteroatoms. The fraction of sp³-hybridized carbons (Fsp3) is 0. The number of halogens is 3. The molecule has 1 aromatic heterocycles. The van der Waals surface area contributed by atoms with Crippen molar-refractivity contribution >= 4 is 0 Å². The van der Waals surface area contributed by atoms with Gasteiger partial charge in [-0.1, -0.05) is 0 Å². The summed E-state index contributed by atoms with van der Waals surface area (Å²) in [6.07, 6.45) is 0.